The molecular formula is C17H16N4O2S. The summed E-state index contributed by atoms with van der Waals surface area (Å²) in [6, 6.07) is 15.5. The maximum absolute atomic E-state index is 12.1. The highest BCUT2D eigenvalue weighted by molar-refractivity contribution is 8.14. The van der Waals surface area contributed by atoms with Crippen LogP contribution >= 0.6 is 11.8 Å². The average Bonchev–Trinajstić information content (AvgIpc) is 3.09. The van der Waals surface area contributed by atoms with Crippen LogP contribution < -0.4 is 16.0 Å². The van der Waals surface area contributed by atoms with Crippen molar-refractivity contribution in [1.82, 2.24) is 5.32 Å². The molecular weight excluding hydrogens is 324 g/mol. The summed E-state index contributed by atoms with van der Waals surface area (Å²) >= 11 is 1.53. The number of rotatable bonds is 3. The van der Waals surface area contributed by atoms with Gasteiger partial charge in [0.2, 0.25) is 0 Å². The smallest absolute Gasteiger partial charge is 0.308 e. The minimum absolute atomic E-state index is 0.205. The summed E-state index contributed by atoms with van der Waals surface area (Å²) in [6.07, 6.45) is 0. The number of anilines is 2. The van der Waals surface area contributed by atoms with Gasteiger partial charge in [0, 0.05) is 22.7 Å². The number of hydrogen-bond donors (Lipinski definition) is 3. The maximum Gasteiger partial charge on any atom is 0.323 e. The van der Waals surface area contributed by atoms with Crippen LogP contribution in [0.4, 0.5) is 16.2 Å². The molecule has 0 spiro atoms. The molecule has 6 nitrogen and oxygen atoms in total. The molecule has 2 aromatic rings. The molecule has 1 aliphatic rings. The van der Waals surface area contributed by atoms with Crippen molar-refractivity contribution in [3.05, 3.63) is 60.2 Å². The number of thioether (sulfide) groups is 1. The third-order valence-electron chi connectivity index (χ3n) is 3.24. The van der Waals surface area contributed by atoms with E-state index in [0.29, 0.717) is 22.1 Å². The number of amidine groups is 1. The van der Waals surface area contributed by atoms with Crippen molar-refractivity contribution in [2.75, 3.05) is 22.9 Å². The molecule has 7 heteroatoms. The van der Waals surface area contributed by atoms with Crippen LogP contribution in [-0.4, -0.2) is 29.4 Å². The van der Waals surface area contributed by atoms with Gasteiger partial charge in [0.1, 0.15) is 0 Å². The zero-order valence-electron chi connectivity index (χ0n) is 12.8. The lowest BCUT2D eigenvalue weighted by atomic mass is 10.2. The standard InChI is InChI=1S/C17H16N4O2S/c22-15(21-17-18-10-11-24-17)12-6-8-14(9-7-12)20-16(23)19-13-4-2-1-3-5-13/h1-9H,10-11H2,(H,18,21,22)(H2,19,20,23). The lowest BCUT2D eigenvalue weighted by Crippen LogP contribution is -2.27. The fourth-order valence-corrected chi connectivity index (χ4v) is 2.82. The van der Waals surface area contributed by atoms with Gasteiger partial charge in [-0.3, -0.25) is 9.79 Å². The van der Waals surface area contributed by atoms with Crippen molar-refractivity contribution < 1.29 is 9.59 Å². The minimum Gasteiger partial charge on any atom is -0.308 e. The Morgan fingerprint density at radius 2 is 1.54 bits per heavy atom. The predicted octanol–water partition coefficient (Wildman–Crippen LogP) is 3.16. The molecule has 0 saturated heterocycles. The molecule has 3 N–H and O–H groups in total. The SMILES string of the molecule is O=C(Nc1ccccc1)Nc1ccc(C(=O)NC2=NCCS2)cc1. The van der Waals surface area contributed by atoms with Crippen molar-refractivity contribution in [2.45, 2.75) is 0 Å². The largest absolute Gasteiger partial charge is 0.323 e. The topological polar surface area (TPSA) is 82.6 Å². The van der Waals surface area contributed by atoms with Crippen LogP contribution in [0.5, 0.6) is 0 Å². The van der Waals surface area contributed by atoms with E-state index in [1.54, 1.807) is 36.4 Å². The summed E-state index contributed by atoms with van der Waals surface area (Å²) in [5, 5.41) is 8.87. The molecule has 0 unspecified atom stereocenters. The molecule has 1 aliphatic heterocycles. The molecule has 0 radical (unpaired) electrons. The number of amides is 3. The molecule has 3 amide bonds. The number of nitrogens with one attached hydrogen (secondary N) is 3. The molecule has 24 heavy (non-hydrogen) atoms. The summed E-state index contributed by atoms with van der Waals surface area (Å²) in [5.41, 5.74) is 1.83. The summed E-state index contributed by atoms with van der Waals surface area (Å²) < 4.78 is 0. The normalized spacial score (nSPS) is 13.1. The number of carbonyl (C=O) groups excluding carboxylic acids is 2. The molecule has 1 heterocycles. The number of nitrogens with zero attached hydrogens (tertiary/aromatic N) is 1. The summed E-state index contributed by atoms with van der Waals surface area (Å²) in [5.74, 6) is 0.693. The van der Waals surface area contributed by atoms with Crippen LogP contribution in [0.1, 0.15) is 10.4 Å². The fourth-order valence-electron chi connectivity index (χ4n) is 2.10. The van der Waals surface area contributed by atoms with Crippen LogP contribution in [0.3, 0.4) is 0 Å². The number of benzene rings is 2. The van der Waals surface area contributed by atoms with Gasteiger partial charge >= 0.3 is 6.03 Å². The Balaban J connectivity index is 1.56. The van der Waals surface area contributed by atoms with Crippen molar-refractivity contribution in [3.63, 3.8) is 0 Å². The van der Waals surface area contributed by atoms with Gasteiger partial charge < -0.3 is 16.0 Å². The van der Waals surface area contributed by atoms with E-state index in [9.17, 15) is 9.59 Å². The Morgan fingerprint density at radius 1 is 0.875 bits per heavy atom. The second-order valence-corrected chi connectivity index (χ2v) is 6.10. The van der Waals surface area contributed by atoms with E-state index in [2.05, 4.69) is 20.9 Å². The monoisotopic (exact) mass is 340 g/mol. The Labute approximate surface area is 143 Å². The molecule has 2 aromatic carbocycles. The lowest BCUT2D eigenvalue weighted by molar-refractivity contribution is 0.0978. The number of carbonyl (C=O) groups is 2. The lowest BCUT2D eigenvalue weighted by Gasteiger charge is -2.08. The van der Waals surface area contributed by atoms with Crippen LogP contribution in [-0.2, 0) is 0 Å². The number of hydrogen-bond acceptors (Lipinski definition) is 4. The number of aliphatic imine (C=N–C) groups is 1. The van der Waals surface area contributed by atoms with Crippen LogP contribution in [0.2, 0.25) is 0 Å². The van der Waals surface area contributed by atoms with Crippen molar-refractivity contribution >= 4 is 40.2 Å². The van der Waals surface area contributed by atoms with Gasteiger partial charge in [-0.15, -0.1) is 0 Å². The summed E-state index contributed by atoms with van der Waals surface area (Å²) in [7, 11) is 0. The molecule has 0 aromatic heterocycles. The van der Waals surface area contributed by atoms with E-state index in [1.165, 1.54) is 11.8 Å². The predicted molar refractivity (Wildman–Crippen MR) is 97.8 cm³/mol. The molecule has 3 rings (SSSR count). The van der Waals surface area contributed by atoms with Crippen LogP contribution in [0.15, 0.2) is 59.6 Å². The van der Waals surface area contributed by atoms with E-state index >= 15 is 0 Å². The maximum atomic E-state index is 12.1. The molecule has 0 atom stereocenters. The second-order valence-electron chi connectivity index (χ2n) is 5.01. The Kier molecular flexibility index (Phi) is 5.12. The van der Waals surface area contributed by atoms with E-state index < -0.39 is 0 Å². The molecule has 0 bridgehead atoms. The minimum atomic E-state index is -0.338. The van der Waals surface area contributed by atoms with Gasteiger partial charge in [0.05, 0.1) is 6.54 Å². The third kappa shape index (κ3) is 4.36. The first kappa shape index (κ1) is 16.1. The molecule has 0 aliphatic carbocycles. The number of para-hydroxylation sites is 1. The molecule has 122 valence electrons. The highest BCUT2D eigenvalue weighted by Gasteiger charge is 2.12. The van der Waals surface area contributed by atoms with Crippen LogP contribution in [0.25, 0.3) is 0 Å². The van der Waals surface area contributed by atoms with E-state index in [4.69, 9.17) is 0 Å². The van der Waals surface area contributed by atoms with Gasteiger partial charge in [-0.05, 0) is 36.4 Å². The van der Waals surface area contributed by atoms with E-state index in [0.717, 1.165) is 12.3 Å². The van der Waals surface area contributed by atoms with Crippen molar-refractivity contribution in [2.24, 2.45) is 4.99 Å². The number of urea groups is 1. The van der Waals surface area contributed by atoms with Crippen LogP contribution in [0, 0.1) is 0 Å². The second kappa shape index (κ2) is 7.65. The highest BCUT2D eigenvalue weighted by Crippen LogP contribution is 2.13. The first-order valence-electron chi connectivity index (χ1n) is 7.42. The summed E-state index contributed by atoms with van der Waals surface area (Å²) in [4.78, 5) is 28.2. The molecule has 0 fully saturated rings. The third-order valence-corrected chi connectivity index (χ3v) is 4.13. The van der Waals surface area contributed by atoms with Crippen molar-refractivity contribution in [1.29, 1.82) is 0 Å². The first-order chi connectivity index (χ1) is 11.7. The Bertz CT molecular complexity index is 760. The zero-order chi connectivity index (χ0) is 16.8. The molecule has 0 saturated carbocycles. The Morgan fingerprint density at radius 3 is 2.17 bits per heavy atom. The fraction of sp³-hybridized carbons (Fsp3) is 0.118. The van der Waals surface area contributed by atoms with Gasteiger partial charge in [-0.2, -0.15) is 0 Å². The average molecular weight is 340 g/mol. The van der Waals surface area contributed by atoms with Gasteiger partial charge in [0.25, 0.3) is 5.91 Å². The van der Waals surface area contributed by atoms with E-state index in [1.807, 2.05) is 18.2 Å². The van der Waals surface area contributed by atoms with Gasteiger partial charge in [-0.1, -0.05) is 30.0 Å². The van der Waals surface area contributed by atoms with E-state index in [-0.39, 0.29) is 11.9 Å². The highest BCUT2D eigenvalue weighted by atomic mass is 32.2. The van der Waals surface area contributed by atoms with Gasteiger partial charge in [-0.25, -0.2) is 4.79 Å². The van der Waals surface area contributed by atoms with Crippen molar-refractivity contribution in [3.8, 4) is 0 Å². The Hall–Kier alpha value is -2.80. The zero-order valence-corrected chi connectivity index (χ0v) is 13.6. The quantitative estimate of drug-likeness (QED) is 0.802. The van der Waals surface area contributed by atoms with Gasteiger partial charge in [0.15, 0.2) is 5.17 Å². The first-order valence-corrected chi connectivity index (χ1v) is 8.41. The summed E-state index contributed by atoms with van der Waals surface area (Å²) in [6.45, 7) is 0.736.